The Balaban J connectivity index is 3.06. The fraction of sp³-hybridized carbons (Fsp3) is 0.250. The maximum absolute atomic E-state index is 5.52. The Morgan fingerprint density at radius 1 is 1.10 bits per heavy atom. The van der Waals surface area contributed by atoms with Crippen molar-refractivity contribution in [2.75, 3.05) is 0 Å². The van der Waals surface area contributed by atoms with Crippen molar-refractivity contribution in [3.05, 3.63) is 29.3 Å². The van der Waals surface area contributed by atoms with Crippen molar-refractivity contribution in [3.8, 4) is 0 Å². The van der Waals surface area contributed by atoms with Gasteiger partial charge in [0, 0.05) is 0 Å². The van der Waals surface area contributed by atoms with Crippen LogP contribution in [0, 0.1) is 13.8 Å². The van der Waals surface area contributed by atoms with Gasteiger partial charge in [0.05, 0.1) is 0 Å². The third-order valence-corrected chi connectivity index (χ3v) is 2.01. The second kappa shape index (κ2) is 3.14. The first-order chi connectivity index (χ1) is 4.72. The SMILES string of the molecule is Cc1cc(C)cc(PN)c1. The number of benzene rings is 1. The lowest BCUT2D eigenvalue weighted by Crippen LogP contribution is -1.99. The van der Waals surface area contributed by atoms with Crippen molar-refractivity contribution < 1.29 is 0 Å². The summed E-state index contributed by atoms with van der Waals surface area (Å²) in [6, 6.07) is 6.42. The zero-order chi connectivity index (χ0) is 7.56. The summed E-state index contributed by atoms with van der Waals surface area (Å²) in [6.45, 7) is 4.19. The summed E-state index contributed by atoms with van der Waals surface area (Å²) in [4.78, 5) is 0. The van der Waals surface area contributed by atoms with E-state index in [1.807, 2.05) is 0 Å². The first-order valence-corrected chi connectivity index (χ1v) is 4.35. The quantitative estimate of drug-likeness (QED) is 0.607. The Labute approximate surface area is 63.5 Å². The summed E-state index contributed by atoms with van der Waals surface area (Å²) in [7, 11) is 0.423. The van der Waals surface area contributed by atoms with Gasteiger partial charge in [-0.05, 0) is 27.9 Å². The highest BCUT2D eigenvalue weighted by Gasteiger charge is 1.91. The summed E-state index contributed by atoms with van der Waals surface area (Å²) < 4.78 is 0. The zero-order valence-electron chi connectivity index (χ0n) is 6.31. The van der Waals surface area contributed by atoms with E-state index in [-0.39, 0.29) is 0 Å². The summed E-state index contributed by atoms with van der Waals surface area (Å²) in [5.74, 6) is 0. The van der Waals surface area contributed by atoms with Gasteiger partial charge < -0.3 is 5.50 Å². The molecule has 2 N–H and O–H groups in total. The number of aryl methyl sites for hydroxylation is 2. The van der Waals surface area contributed by atoms with Crippen LogP contribution in [0.3, 0.4) is 0 Å². The molecule has 0 aliphatic carbocycles. The highest BCUT2D eigenvalue weighted by Crippen LogP contribution is 2.05. The van der Waals surface area contributed by atoms with E-state index in [1.54, 1.807) is 0 Å². The minimum absolute atomic E-state index is 0.423. The summed E-state index contributed by atoms with van der Waals surface area (Å²) in [5, 5.41) is 1.25. The Hall–Kier alpha value is -0.390. The fourth-order valence-corrected chi connectivity index (χ4v) is 1.68. The third kappa shape index (κ3) is 1.80. The number of rotatable bonds is 1. The van der Waals surface area contributed by atoms with Gasteiger partial charge in [-0.3, -0.25) is 0 Å². The molecule has 2 heteroatoms. The van der Waals surface area contributed by atoms with Gasteiger partial charge in [-0.2, -0.15) is 0 Å². The topological polar surface area (TPSA) is 26.0 Å². The predicted octanol–water partition coefficient (Wildman–Crippen LogP) is 1.48. The molecule has 0 bridgehead atoms. The molecule has 1 atom stereocenters. The molecule has 1 aromatic rings. The molecular weight excluding hydrogens is 141 g/mol. The molecule has 0 heterocycles. The molecule has 0 saturated heterocycles. The van der Waals surface area contributed by atoms with Crippen molar-refractivity contribution in [2.45, 2.75) is 13.8 Å². The Morgan fingerprint density at radius 3 is 2.00 bits per heavy atom. The summed E-state index contributed by atoms with van der Waals surface area (Å²) >= 11 is 0. The van der Waals surface area contributed by atoms with Crippen LogP contribution in [-0.2, 0) is 0 Å². The van der Waals surface area contributed by atoms with Crippen LogP contribution in [0.4, 0.5) is 0 Å². The Bertz CT molecular complexity index is 212. The average molecular weight is 153 g/mol. The smallest absolute Gasteiger partial charge is 0.0122 e. The van der Waals surface area contributed by atoms with Crippen molar-refractivity contribution in [1.29, 1.82) is 0 Å². The average Bonchev–Trinajstić information content (AvgIpc) is 1.85. The van der Waals surface area contributed by atoms with E-state index >= 15 is 0 Å². The highest BCUT2D eigenvalue weighted by molar-refractivity contribution is 7.44. The van der Waals surface area contributed by atoms with E-state index in [0.29, 0.717) is 8.73 Å². The molecule has 0 fully saturated rings. The monoisotopic (exact) mass is 153 g/mol. The first-order valence-electron chi connectivity index (χ1n) is 3.27. The van der Waals surface area contributed by atoms with E-state index in [2.05, 4.69) is 32.0 Å². The van der Waals surface area contributed by atoms with Gasteiger partial charge in [-0.15, -0.1) is 0 Å². The minimum Gasteiger partial charge on any atom is -0.308 e. The van der Waals surface area contributed by atoms with Gasteiger partial charge in [0.1, 0.15) is 0 Å². The second-order valence-electron chi connectivity index (χ2n) is 2.52. The minimum atomic E-state index is 0.423. The lowest BCUT2D eigenvalue weighted by Gasteiger charge is -2.00. The molecule has 0 saturated carbocycles. The molecule has 0 aliphatic heterocycles. The fourth-order valence-electron chi connectivity index (χ4n) is 1.06. The van der Waals surface area contributed by atoms with Crippen LogP contribution in [0.1, 0.15) is 11.1 Å². The molecule has 0 spiro atoms. The lowest BCUT2D eigenvalue weighted by atomic mass is 10.2. The van der Waals surface area contributed by atoms with E-state index in [4.69, 9.17) is 5.50 Å². The molecule has 0 amide bonds. The van der Waals surface area contributed by atoms with Crippen molar-refractivity contribution in [1.82, 2.24) is 0 Å². The van der Waals surface area contributed by atoms with Crippen LogP contribution in [0.25, 0.3) is 0 Å². The van der Waals surface area contributed by atoms with Crippen molar-refractivity contribution in [3.63, 3.8) is 0 Å². The van der Waals surface area contributed by atoms with E-state index in [0.717, 1.165) is 0 Å². The van der Waals surface area contributed by atoms with Crippen LogP contribution < -0.4 is 10.8 Å². The standard InChI is InChI=1S/C8H12NP/c1-6-3-7(2)5-8(4-6)10-9/h3-5,10H,9H2,1-2H3. The second-order valence-corrected chi connectivity index (χ2v) is 3.39. The van der Waals surface area contributed by atoms with Crippen molar-refractivity contribution >= 4 is 14.0 Å². The van der Waals surface area contributed by atoms with Crippen molar-refractivity contribution in [2.24, 2.45) is 5.50 Å². The first kappa shape index (κ1) is 7.71. The molecule has 10 heavy (non-hydrogen) atoms. The molecule has 1 rings (SSSR count). The molecule has 0 aliphatic rings. The summed E-state index contributed by atoms with van der Waals surface area (Å²) in [5.41, 5.74) is 8.11. The predicted molar refractivity (Wildman–Crippen MR) is 48.1 cm³/mol. The van der Waals surface area contributed by atoms with Crippen LogP contribution in [0.2, 0.25) is 0 Å². The van der Waals surface area contributed by atoms with Gasteiger partial charge in [-0.1, -0.05) is 29.3 Å². The van der Waals surface area contributed by atoms with Crippen LogP contribution in [-0.4, -0.2) is 0 Å². The van der Waals surface area contributed by atoms with Gasteiger partial charge in [0.2, 0.25) is 0 Å². The maximum atomic E-state index is 5.52. The van der Waals surface area contributed by atoms with Gasteiger partial charge >= 0.3 is 0 Å². The largest absolute Gasteiger partial charge is 0.308 e. The van der Waals surface area contributed by atoms with Crippen LogP contribution >= 0.6 is 8.73 Å². The molecule has 0 aromatic heterocycles. The maximum Gasteiger partial charge on any atom is -0.0122 e. The van der Waals surface area contributed by atoms with Crippen LogP contribution in [0.15, 0.2) is 18.2 Å². The summed E-state index contributed by atoms with van der Waals surface area (Å²) in [6.07, 6.45) is 0. The number of hydrogen-bond donors (Lipinski definition) is 1. The van der Waals surface area contributed by atoms with E-state index < -0.39 is 0 Å². The number of nitrogens with two attached hydrogens (primary N) is 1. The van der Waals surface area contributed by atoms with Gasteiger partial charge in [-0.25, -0.2) is 0 Å². The molecule has 1 unspecified atom stereocenters. The lowest BCUT2D eigenvalue weighted by molar-refractivity contribution is 1.40. The van der Waals surface area contributed by atoms with E-state index in [9.17, 15) is 0 Å². The van der Waals surface area contributed by atoms with Gasteiger partial charge in [0.25, 0.3) is 0 Å². The van der Waals surface area contributed by atoms with E-state index in [1.165, 1.54) is 16.4 Å². The molecule has 1 aromatic carbocycles. The molecule has 0 radical (unpaired) electrons. The normalized spacial score (nSPS) is 11.1. The van der Waals surface area contributed by atoms with Crippen LogP contribution in [0.5, 0.6) is 0 Å². The number of hydrogen-bond acceptors (Lipinski definition) is 1. The molecular formula is C8H12NP. The van der Waals surface area contributed by atoms with Gasteiger partial charge in [0.15, 0.2) is 0 Å². The highest BCUT2D eigenvalue weighted by atomic mass is 31.1. The molecule has 54 valence electrons. The Kier molecular flexibility index (Phi) is 2.42. The Morgan fingerprint density at radius 2 is 1.60 bits per heavy atom. The zero-order valence-corrected chi connectivity index (χ0v) is 7.31. The molecule has 1 nitrogen and oxygen atoms in total. The third-order valence-electron chi connectivity index (χ3n) is 1.39.